The third-order valence-electron chi connectivity index (χ3n) is 3.80. The Hall–Kier alpha value is -2.03. The zero-order valence-corrected chi connectivity index (χ0v) is 11.7. The number of fused-ring (bicyclic) bond motifs is 1. The van der Waals surface area contributed by atoms with Crippen molar-refractivity contribution in [1.29, 1.82) is 0 Å². The molecular weight excluding hydrogens is 251 g/mol. The van der Waals surface area contributed by atoms with Crippen LogP contribution in [0.4, 0.5) is 21.5 Å². The van der Waals surface area contributed by atoms with Crippen LogP contribution in [-0.2, 0) is 6.42 Å². The van der Waals surface area contributed by atoms with Crippen LogP contribution < -0.4 is 10.2 Å². The fourth-order valence-corrected chi connectivity index (χ4v) is 2.86. The van der Waals surface area contributed by atoms with Gasteiger partial charge in [-0.15, -0.1) is 0 Å². The highest BCUT2D eigenvalue weighted by atomic mass is 19.1. The van der Waals surface area contributed by atoms with E-state index < -0.39 is 0 Å². The lowest BCUT2D eigenvalue weighted by Gasteiger charge is -2.29. The first-order valence-electron chi connectivity index (χ1n) is 7.19. The van der Waals surface area contributed by atoms with Gasteiger partial charge in [-0.2, -0.15) is 0 Å². The summed E-state index contributed by atoms with van der Waals surface area (Å²) in [6.45, 7) is 3.77. The van der Waals surface area contributed by atoms with Crippen LogP contribution in [0.25, 0.3) is 0 Å². The fourth-order valence-electron chi connectivity index (χ4n) is 2.86. The summed E-state index contributed by atoms with van der Waals surface area (Å²) < 4.78 is 14.1. The molecule has 0 aromatic heterocycles. The van der Waals surface area contributed by atoms with Crippen LogP contribution in [0.2, 0.25) is 0 Å². The number of nitrogens with one attached hydrogen (secondary N) is 1. The predicted octanol–water partition coefficient (Wildman–Crippen LogP) is 4.34. The summed E-state index contributed by atoms with van der Waals surface area (Å²) in [5, 5.41) is 3.47. The summed E-state index contributed by atoms with van der Waals surface area (Å²) >= 11 is 0. The van der Waals surface area contributed by atoms with Gasteiger partial charge in [0.25, 0.3) is 0 Å². The molecule has 0 aliphatic carbocycles. The Balaban J connectivity index is 2.09. The number of rotatable bonds is 3. The number of hydrogen-bond donors (Lipinski definition) is 1. The first-order valence-corrected chi connectivity index (χ1v) is 7.19. The molecule has 3 rings (SSSR count). The second-order valence-corrected chi connectivity index (χ2v) is 5.04. The average molecular weight is 270 g/mol. The molecular formula is C17H19FN2. The lowest BCUT2D eigenvalue weighted by molar-refractivity contribution is 0.625. The van der Waals surface area contributed by atoms with E-state index in [2.05, 4.69) is 30.4 Å². The highest BCUT2D eigenvalue weighted by Gasteiger charge is 2.18. The maximum Gasteiger partial charge on any atom is 0.146 e. The summed E-state index contributed by atoms with van der Waals surface area (Å²) in [5.74, 6) is -0.178. The maximum atomic E-state index is 14.1. The van der Waals surface area contributed by atoms with Gasteiger partial charge in [0.05, 0.1) is 17.1 Å². The number of para-hydroxylation sites is 2. The first kappa shape index (κ1) is 13.0. The van der Waals surface area contributed by atoms with Crippen molar-refractivity contribution in [3.05, 3.63) is 53.8 Å². The van der Waals surface area contributed by atoms with E-state index >= 15 is 0 Å². The monoisotopic (exact) mass is 270 g/mol. The summed E-state index contributed by atoms with van der Waals surface area (Å²) in [7, 11) is 0. The van der Waals surface area contributed by atoms with Crippen molar-refractivity contribution in [2.45, 2.75) is 19.8 Å². The van der Waals surface area contributed by atoms with Gasteiger partial charge in [-0.25, -0.2) is 4.39 Å². The standard InChI is InChI=1S/C17H19FN2/c1-2-20(15-10-4-3-9-14(15)18)16-11-5-7-13-8-6-12-19-17(13)16/h3-5,7,9-11,19H,2,6,8,12H2,1H3. The van der Waals surface area contributed by atoms with Crippen molar-refractivity contribution in [3.8, 4) is 0 Å². The molecule has 0 amide bonds. The van der Waals surface area contributed by atoms with Crippen molar-refractivity contribution in [3.63, 3.8) is 0 Å². The van der Waals surface area contributed by atoms with Crippen molar-refractivity contribution < 1.29 is 4.39 Å². The Morgan fingerprint density at radius 1 is 1.10 bits per heavy atom. The van der Waals surface area contributed by atoms with Crippen LogP contribution in [0.15, 0.2) is 42.5 Å². The van der Waals surface area contributed by atoms with Gasteiger partial charge in [-0.05, 0) is 43.5 Å². The number of hydrogen-bond acceptors (Lipinski definition) is 2. The number of halogens is 1. The smallest absolute Gasteiger partial charge is 0.146 e. The van der Waals surface area contributed by atoms with E-state index in [1.807, 2.05) is 17.0 Å². The number of nitrogens with zero attached hydrogens (tertiary/aromatic N) is 1. The highest BCUT2D eigenvalue weighted by molar-refractivity contribution is 5.79. The Morgan fingerprint density at radius 2 is 1.90 bits per heavy atom. The molecule has 0 spiro atoms. The van der Waals surface area contributed by atoms with E-state index in [4.69, 9.17) is 0 Å². The average Bonchev–Trinajstić information content (AvgIpc) is 2.50. The minimum absolute atomic E-state index is 0.178. The van der Waals surface area contributed by atoms with Crippen LogP contribution in [0.5, 0.6) is 0 Å². The Morgan fingerprint density at radius 3 is 2.70 bits per heavy atom. The maximum absolute atomic E-state index is 14.1. The van der Waals surface area contributed by atoms with Crippen LogP contribution in [-0.4, -0.2) is 13.1 Å². The highest BCUT2D eigenvalue weighted by Crippen LogP contribution is 2.37. The van der Waals surface area contributed by atoms with E-state index in [0.717, 1.165) is 37.3 Å². The topological polar surface area (TPSA) is 15.3 Å². The van der Waals surface area contributed by atoms with Gasteiger partial charge in [-0.1, -0.05) is 24.3 Å². The van der Waals surface area contributed by atoms with Gasteiger partial charge in [0.15, 0.2) is 0 Å². The SMILES string of the molecule is CCN(c1ccccc1F)c1cccc2c1NCCC2. The molecule has 0 saturated carbocycles. The van der Waals surface area contributed by atoms with E-state index in [1.54, 1.807) is 6.07 Å². The van der Waals surface area contributed by atoms with E-state index in [1.165, 1.54) is 11.6 Å². The molecule has 0 fully saturated rings. The van der Waals surface area contributed by atoms with E-state index in [0.29, 0.717) is 5.69 Å². The Kier molecular flexibility index (Phi) is 3.59. The molecule has 1 aliphatic heterocycles. The summed E-state index contributed by atoms with van der Waals surface area (Å²) in [6, 6.07) is 13.2. The molecule has 0 saturated heterocycles. The second kappa shape index (κ2) is 5.53. The van der Waals surface area contributed by atoms with E-state index in [-0.39, 0.29) is 5.82 Å². The summed E-state index contributed by atoms with van der Waals surface area (Å²) in [6.07, 6.45) is 2.24. The molecule has 0 unspecified atom stereocenters. The van der Waals surface area contributed by atoms with Gasteiger partial charge in [-0.3, -0.25) is 0 Å². The quantitative estimate of drug-likeness (QED) is 0.892. The van der Waals surface area contributed by atoms with Crippen LogP contribution in [0.3, 0.4) is 0 Å². The molecule has 2 aromatic rings. The van der Waals surface area contributed by atoms with Gasteiger partial charge in [0.1, 0.15) is 5.82 Å². The molecule has 1 N–H and O–H groups in total. The number of aryl methyl sites for hydroxylation is 1. The molecule has 2 nitrogen and oxygen atoms in total. The summed E-state index contributed by atoms with van der Waals surface area (Å²) in [5.41, 5.74) is 4.18. The van der Waals surface area contributed by atoms with E-state index in [9.17, 15) is 4.39 Å². The molecule has 1 aliphatic rings. The fraction of sp³-hybridized carbons (Fsp3) is 0.294. The van der Waals surface area contributed by atoms with Crippen LogP contribution in [0.1, 0.15) is 18.9 Å². The molecule has 0 atom stereocenters. The number of anilines is 3. The van der Waals surface area contributed by atoms with Gasteiger partial charge in [0.2, 0.25) is 0 Å². The molecule has 0 radical (unpaired) electrons. The number of benzene rings is 2. The Labute approximate surface area is 119 Å². The molecule has 1 heterocycles. The van der Waals surface area contributed by atoms with Crippen LogP contribution >= 0.6 is 0 Å². The summed E-state index contributed by atoms with van der Waals surface area (Å²) in [4.78, 5) is 2.03. The molecule has 0 bridgehead atoms. The Bertz CT molecular complexity index is 610. The van der Waals surface area contributed by atoms with Crippen molar-refractivity contribution >= 4 is 17.1 Å². The molecule has 2 aromatic carbocycles. The van der Waals surface area contributed by atoms with Crippen molar-refractivity contribution in [1.82, 2.24) is 0 Å². The molecule has 3 heteroatoms. The van der Waals surface area contributed by atoms with Crippen LogP contribution in [0, 0.1) is 5.82 Å². The van der Waals surface area contributed by atoms with Gasteiger partial charge in [0, 0.05) is 13.1 Å². The minimum atomic E-state index is -0.178. The van der Waals surface area contributed by atoms with Crippen molar-refractivity contribution in [2.75, 3.05) is 23.3 Å². The molecule has 20 heavy (non-hydrogen) atoms. The zero-order valence-electron chi connectivity index (χ0n) is 11.7. The largest absolute Gasteiger partial charge is 0.383 e. The third-order valence-corrected chi connectivity index (χ3v) is 3.80. The molecule has 104 valence electrons. The lowest BCUT2D eigenvalue weighted by atomic mass is 10.0. The minimum Gasteiger partial charge on any atom is -0.383 e. The lowest BCUT2D eigenvalue weighted by Crippen LogP contribution is -2.21. The normalized spacial score (nSPS) is 13.5. The third kappa shape index (κ3) is 2.24. The van der Waals surface area contributed by atoms with Gasteiger partial charge < -0.3 is 10.2 Å². The van der Waals surface area contributed by atoms with Crippen molar-refractivity contribution in [2.24, 2.45) is 0 Å². The zero-order chi connectivity index (χ0) is 13.9. The first-order chi connectivity index (χ1) is 9.81. The van der Waals surface area contributed by atoms with Gasteiger partial charge >= 0.3 is 0 Å². The predicted molar refractivity (Wildman–Crippen MR) is 82.3 cm³/mol. The second-order valence-electron chi connectivity index (χ2n) is 5.04.